The Kier molecular flexibility index (Phi) is 7.42. The SMILES string of the molecule is CCNC(=NCc1nnc2n1CCC2)NCC(c1ccccc1)N(CC)CC. The smallest absolute Gasteiger partial charge is 0.191 e. The standard InChI is InChI=1S/C21H33N7/c1-4-22-21(24-16-20-26-25-19-13-10-14-28(19)20)23-15-18(27(5-2)6-3)17-11-8-7-9-12-17/h7-9,11-12,18H,4-6,10,13-16H2,1-3H3,(H2,22,23,24). The number of nitrogens with one attached hydrogen (secondary N) is 2. The van der Waals surface area contributed by atoms with Crippen molar-refractivity contribution in [2.45, 2.75) is 52.7 Å². The minimum absolute atomic E-state index is 0.303. The molecule has 0 radical (unpaired) electrons. The summed E-state index contributed by atoms with van der Waals surface area (Å²) in [7, 11) is 0. The van der Waals surface area contributed by atoms with Crippen molar-refractivity contribution >= 4 is 5.96 Å². The lowest BCUT2D eigenvalue weighted by Gasteiger charge is -2.30. The summed E-state index contributed by atoms with van der Waals surface area (Å²) in [4.78, 5) is 7.23. The summed E-state index contributed by atoms with van der Waals surface area (Å²) >= 11 is 0. The molecule has 2 aromatic rings. The summed E-state index contributed by atoms with van der Waals surface area (Å²) in [5.41, 5.74) is 1.32. The zero-order chi connectivity index (χ0) is 19.8. The van der Waals surface area contributed by atoms with Gasteiger partial charge in [0.05, 0.1) is 6.04 Å². The maximum Gasteiger partial charge on any atom is 0.191 e. The third-order valence-corrected chi connectivity index (χ3v) is 5.31. The Labute approximate surface area is 168 Å². The molecule has 152 valence electrons. The predicted molar refractivity (Wildman–Crippen MR) is 113 cm³/mol. The fourth-order valence-corrected chi connectivity index (χ4v) is 3.81. The largest absolute Gasteiger partial charge is 0.357 e. The van der Waals surface area contributed by atoms with E-state index in [1.165, 1.54) is 5.56 Å². The van der Waals surface area contributed by atoms with E-state index in [0.29, 0.717) is 12.6 Å². The van der Waals surface area contributed by atoms with Crippen molar-refractivity contribution in [2.24, 2.45) is 4.99 Å². The first-order chi connectivity index (χ1) is 13.8. The van der Waals surface area contributed by atoms with Gasteiger partial charge in [-0.2, -0.15) is 0 Å². The maximum absolute atomic E-state index is 4.76. The number of hydrogen-bond donors (Lipinski definition) is 2. The molecule has 1 aromatic carbocycles. The Balaban J connectivity index is 1.69. The maximum atomic E-state index is 4.76. The lowest BCUT2D eigenvalue weighted by molar-refractivity contribution is 0.219. The molecule has 1 aromatic heterocycles. The van der Waals surface area contributed by atoms with Gasteiger partial charge in [-0.3, -0.25) is 4.90 Å². The van der Waals surface area contributed by atoms with E-state index in [1.54, 1.807) is 0 Å². The number of aromatic nitrogens is 3. The van der Waals surface area contributed by atoms with Gasteiger partial charge in [-0.15, -0.1) is 10.2 Å². The van der Waals surface area contributed by atoms with Gasteiger partial charge in [0.1, 0.15) is 12.4 Å². The number of rotatable bonds is 9. The Morgan fingerprint density at radius 1 is 1.14 bits per heavy atom. The van der Waals surface area contributed by atoms with Crippen LogP contribution in [0.15, 0.2) is 35.3 Å². The summed E-state index contributed by atoms with van der Waals surface area (Å²) in [6, 6.07) is 11.0. The molecule has 1 unspecified atom stereocenters. The molecule has 1 aliphatic rings. The molecule has 7 nitrogen and oxygen atoms in total. The van der Waals surface area contributed by atoms with Crippen LogP contribution in [0.25, 0.3) is 0 Å². The molecule has 1 atom stereocenters. The second-order valence-electron chi connectivity index (χ2n) is 7.01. The number of aryl methyl sites for hydroxylation is 1. The van der Waals surface area contributed by atoms with Crippen LogP contribution >= 0.6 is 0 Å². The summed E-state index contributed by atoms with van der Waals surface area (Å²) in [5.74, 6) is 2.87. The van der Waals surface area contributed by atoms with Gasteiger partial charge in [-0.25, -0.2) is 4.99 Å². The second kappa shape index (κ2) is 10.2. The minimum atomic E-state index is 0.303. The van der Waals surface area contributed by atoms with Gasteiger partial charge < -0.3 is 15.2 Å². The fourth-order valence-electron chi connectivity index (χ4n) is 3.81. The predicted octanol–water partition coefficient (Wildman–Crippen LogP) is 2.36. The van der Waals surface area contributed by atoms with Crippen LogP contribution in [0.1, 0.15) is 50.4 Å². The van der Waals surface area contributed by atoms with Crippen molar-refractivity contribution in [3.8, 4) is 0 Å². The third-order valence-electron chi connectivity index (χ3n) is 5.31. The second-order valence-corrected chi connectivity index (χ2v) is 7.01. The van der Waals surface area contributed by atoms with Crippen LogP contribution < -0.4 is 10.6 Å². The van der Waals surface area contributed by atoms with Crippen molar-refractivity contribution in [1.82, 2.24) is 30.3 Å². The number of likely N-dealkylation sites (N-methyl/N-ethyl adjacent to an activating group) is 1. The number of aliphatic imine (C=N–C) groups is 1. The molecule has 0 fully saturated rings. The summed E-state index contributed by atoms with van der Waals surface area (Å²) in [5, 5.41) is 15.5. The van der Waals surface area contributed by atoms with E-state index in [2.05, 4.69) is 81.4 Å². The zero-order valence-corrected chi connectivity index (χ0v) is 17.4. The van der Waals surface area contributed by atoms with Crippen molar-refractivity contribution < 1.29 is 0 Å². The Morgan fingerprint density at radius 2 is 1.93 bits per heavy atom. The quantitative estimate of drug-likeness (QED) is 0.514. The molecule has 7 heteroatoms. The van der Waals surface area contributed by atoms with E-state index in [9.17, 15) is 0 Å². The molecule has 3 rings (SSSR count). The first-order valence-electron chi connectivity index (χ1n) is 10.5. The van der Waals surface area contributed by atoms with Gasteiger partial charge in [-0.05, 0) is 32.0 Å². The van der Waals surface area contributed by atoms with Crippen LogP contribution in [0.5, 0.6) is 0 Å². The highest BCUT2D eigenvalue weighted by Gasteiger charge is 2.19. The first kappa shape index (κ1) is 20.3. The molecule has 0 saturated heterocycles. The number of nitrogens with zero attached hydrogens (tertiary/aromatic N) is 5. The topological polar surface area (TPSA) is 70.4 Å². The van der Waals surface area contributed by atoms with Crippen molar-refractivity contribution in [3.63, 3.8) is 0 Å². The number of guanidine groups is 1. The normalized spacial score (nSPS) is 14.9. The molecular formula is C21H33N7. The van der Waals surface area contributed by atoms with Crippen molar-refractivity contribution in [1.29, 1.82) is 0 Å². The first-order valence-corrected chi connectivity index (χ1v) is 10.5. The highest BCUT2D eigenvalue weighted by molar-refractivity contribution is 5.79. The van der Waals surface area contributed by atoms with E-state index in [0.717, 1.165) is 63.2 Å². The Bertz CT molecular complexity index is 749. The van der Waals surface area contributed by atoms with E-state index < -0.39 is 0 Å². The highest BCUT2D eigenvalue weighted by Crippen LogP contribution is 2.19. The van der Waals surface area contributed by atoms with Gasteiger partial charge in [0, 0.05) is 26.1 Å². The number of fused-ring (bicyclic) bond motifs is 1. The molecular weight excluding hydrogens is 350 g/mol. The average molecular weight is 384 g/mol. The van der Waals surface area contributed by atoms with Gasteiger partial charge in [0.2, 0.25) is 0 Å². The minimum Gasteiger partial charge on any atom is -0.357 e. The van der Waals surface area contributed by atoms with E-state index in [1.807, 2.05) is 0 Å². The molecule has 2 heterocycles. The molecule has 0 spiro atoms. The van der Waals surface area contributed by atoms with Crippen LogP contribution in [0.4, 0.5) is 0 Å². The molecule has 0 bridgehead atoms. The molecule has 28 heavy (non-hydrogen) atoms. The van der Waals surface area contributed by atoms with Gasteiger partial charge in [0.15, 0.2) is 11.8 Å². The highest BCUT2D eigenvalue weighted by atomic mass is 15.3. The molecule has 0 aliphatic carbocycles. The van der Waals surface area contributed by atoms with Crippen molar-refractivity contribution in [3.05, 3.63) is 47.5 Å². The molecule has 1 aliphatic heterocycles. The molecule has 0 saturated carbocycles. The zero-order valence-electron chi connectivity index (χ0n) is 17.4. The fraction of sp³-hybridized carbons (Fsp3) is 0.571. The monoisotopic (exact) mass is 383 g/mol. The average Bonchev–Trinajstić information content (AvgIpc) is 3.34. The Hall–Kier alpha value is -2.41. The molecule has 0 amide bonds. The summed E-state index contributed by atoms with van der Waals surface area (Å²) in [6.07, 6.45) is 2.18. The number of hydrogen-bond acceptors (Lipinski definition) is 4. The van der Waals surface area contributed by atoms with Gasteiger partial charge in [-0.1, -0.05) is 44.2 Å². The summed E-state index contributed by atoms with van der Waals surface area (Å²) in [6.45, 7) is 11.7. The Morgan fingerprint density at radius 3 is 2.64 bits per heavy atom. The van der Waals surface area contributed by atoms with E-state index >= 15 is 0 Å². The van der Waals surface area contributed by atoms with Crippen molar-refractivity contribution in [2.75, 3.05) is 26.2 Å². The molecule has 2 N–H and O–H groups in total. The summed E-state index contributed by atoms with van der Waals surface area (Å²) < 4.78 is 2.20. The van der Waals surface area contributed by atoms with E-state index in [-0.39, 0.29) is 0 Å². The number of benzene rings is 1. The van der Waals surface area contributed by atoms with Crippen LogP contribution in [0, 0.1) is 0 Å². The van der Waals surface area contributed by atoms with E-state index in [4.69, 9.17) is 4.99 Å². The van der Waals surface area contributed by atoms with Crippen LogP contribution in [-0.2, 0) is 19.5 Å². The van der Waals surface area contributed by atoms with Gasteiger partial charge >= 0.3 is 0 Å². The van der Waals surface area contributed by atoms with Gasteiger partial charge in [0.25, 0.3) is 0 Å². The van der Waals surface area contributed by atoms with Crippen LogP contribution in [0.2, 0.25) is 0 Å². The lowest BCUT2D eigenvalue weighted by Crippen LogP contribution is -2.43. The van der Waals surface area contributed by atoms with Crippen LogP contribution in [0.3, 0.4) is 0 Å². The van der Waals surface area contributed by atoms with Crippen LogP contribution in [-0.4, -0.2) is 51.8 Å². The lowest BCUT2D eigenvalue weighted by atomic mass is 10.1. The third kappa shape index (κ3) is 4.90.